The van der Waals surface area contributed by atoms with Crippen molar-refractivity contribution in [2.45, 2.75) is 69.0 Å². The Kier molecular flexibility index (Phi) is 4.97. The quantitative estimate of drug-likeness (QED) is 0.746. The van der Waals surface area contributed by atoms with Gasteiger partial charge < -0.3 is 9.47 Å². The molecule has 2 heterocycles. The number of methoxy groups -OCH3 is 1. The maximum Gasteiger partial charge on any atom is 0.167 e. The van der Waals surface area contributed by atoms with Gasteiger partial charge in [0.25, 0.3) is 0 Å². The van der Waals surface area contributed by atoms with E-state index < -0.39 is 5.60 Å². The van der Waals surface area contributed by atoms with Crippen LogP contribution in [0.5, 0.6) is 0 Å². The van der Waals surface area contributed by atoms with E-state index in [2.05, 4.69) is 0 Å². The zero-order chi connectivity index (χ0) is 14.8. The van der Waals surface area contributed by atoms with Crippen LogP contribution in [0.25, 0.3) is 0 Å². The summed E-state index contributed by atoms with van der Waals surface area (Å²) in [4.78, 5) is 13.2. The van der Waals surface area contributed by atoms with E-state index in [-0.39, 0.29) is 11.5 Å². The van der Waals surface area contributed by atoms with Crippen molar-refractivity contribution in [1.82, 2.24) is 0 Å². The molecule has 4 heteroatoms. The number of ketones is 1. The molecule has 2 saturated heterocycles. The second kappa shape index (κ2) is 6.59. The number of hydrogen-bond acceptors (Lipinski definition) is 4. The van der Waals surface area contributed by atoms with Crippen LogP contribution in [-0.2, 0) is 14.3 Å². The predicted octanol–water partition coefficient (Wildman–Crippen LogP) is 3.60. The third-order valence-electron chi connectivity index (χ3n) is 5.68. The molecular weight excluding hydrogens is 284 g/mol. The van der Waals surface area contributed by atoms with E-state index in [0.717, 1.165) is 57.3 Å². The minimum atomic E-state index is -0.495. The van der Waals surface area contributed by atoms with Gasteiger partial charge in [0.1, 0.15) is 5.60 Å². The maximum absolute atomic E-state index is 13.2. The van der Waals surface area contributed by atoms with Crippen molar-refractivity contribution in [1.29, 1.82) is 0 Å². The molecule has 3 nitrogen and oxygen atoms in total. The molecule has 2 aliphatic heterocycles. The summed E-state index contributed by atoms with van der Waals surface area (Å²) in [5.74, 6) is 2.77. The number of Topliss-reactive ketones (excluding diaryl/α,β-unsaturated/α-hetero) is 1. The molecule has 0 radical (unpaired) electrons. The first-order valence-electron chi connectivity index (χ1n) is 8.51. The third-order valence-corrected chi connectivity index (χ3v) is 6.90. The van der Waals surface area contributed by atoms with Gasteiger partial charge in [0, 0.05) is 25.4 Å². The number of thioether (sulfide) groups is 1. The fourth-order valence-corrected chi connectivity index (χ4v) is 5.72. The highest BCUT2D eigenvalue weighted by Crippen LogP contribution is 2.43. The topological polar surface area (TPSA) is 35.5 Å². The molecule has 3 fully saturated rings. The highest BCUT2D eigenvalue weighted by molar-refractivity contribution is 7.99. The Hall–Kier alpha value is -0.0600. The van der Waals surface area contributed by atoms with Gasteiger partial charge in [0.15, 0.2) is 5.78 Å². The van der Waals surface area contributed by atoms with Crippen molar-refractivity contribution in [3.63, 3.8) is 0 Å². The lowest BCUT2D eigenvalue weighted by Gasteiger charge is -2.41. The fraction of sp³-hybridized carbons (Fsp3) is 0.941. The summed E-state index contributed by atoms with van der Waals surface area (Å²) in [5, 5.41) is 0. The molecule has 0 N–H and O–H groups in total. The van der Waals surface area contributed by atoms with Crippen LogP contribution in [0.3, 0.4) is 0 Å². The van der Waals surface area contributed by atoms with Gasteiger partial charge in [0.05, 0.1) is 5.60 Å². The summed E-state index contributed by atoms with van der Waals surface area (Å²) in [7, 11) is 1.74. The Morgan fingerprint density at radius 3 is 2.57 bits per heavy atom. The molecule has 0 aromatic heterocycles. The van der Waals surface area contributed by atoms with Crippen molar-refractivity contribution in [3.8, 4) is 0 Å². The van der Waals surface area contributed by atoms with Gasteiger partial charge in [-0.2, -0.15) is 11.8 Å². The zero-order valence-corrected chi connectivity index (χ0v) is 14.0. The lowest BCUT2D eigenvalue weighted by Crippen LogP contribution is -2.49. The van der Waals surface area contributed by atoms with E-state index in [4.69, 9.17) is 9.47 Å². The van der Waals surface area contributed by atoms with Gasteiger partial charge in [-0.05, 0) is 37.9 Å². The molecular formula is C17H28O3S. The molecule has 21 heavy (non-hydrogen) atoms. The van der Waals surface area contributed by atoms with Crippen molar-refractivity contribution in [3.05, 3.63) is 0 Å². The van der Waals surface area contributed by atoms with Gasteiger partial charge in [-0.1, -0.05) is 25.7 Å². The summed E-state index contributed by atoms with van der Waals surface area (Å²) in [6, 6.07) is 0. The first-order chi connectivity index (χ1) is 10.2. The lowest BCUT2D eigenvalue weighted by atomic mass is 9.75. The van der Waals surface area contributed by atoms with Crippen molar-refractivity contribution < 1.29 is 14.3 Å². The normalized spacial score (nSPS) is 36.5. The molecule has 0 amide bonds. The Labute approximate surface area is 132 Å². The molecule has 0 bridgehead atoms. The maximum atomic E-state index is 13.2. The second-order valence-electron chi connectivity index (χ2n) is 7.00. The fourth-order valence-electron chi connectivity index (χ4n) is 4.34. The molecule has 2 unspecified atom stereocenters. The highest BCUT2D eigenvalue weighted by Gasteiger charge is 2.48. The molecule has 0 aromatic carbocycles. The van der Waals surface area contributed by atoms with Gasteiger partial charge in [-0.25, -0.2) is 0 Å². The van der Waals surface area contributed by atoms with Crippen LogP contribution >= 0.6 is 11.8 Å². The number of rotatable bonds is 3. The van der Waals surface area contributed by atoms with Crippen LogP contribution in [0.1, 0.15) is 57.8 Å². The predicted molar refractivity (Wildman–Crippen MR) is 85.8 cm³/mol. The molecule has 1 saturated carbocycles. The van der Waals surface area contributed by atoms with Gasteiger partial charge in [-0.3, -0.25) is 4.79 Å². The Morgan fingerprint density at radius 1 is 1.19 bits per heavy atom. The minimum Gasteiger partial charge on any atom is -0.374 e. The smallest absolute Gasteiger partial charge is 0.167 e. The van der Waals surface area contributed by atoms with Crippen LogP contribution in [0, 0.1) is 5.92 Å². The van der Waals surface area contributed by atoms with Crippen LogP contribution in [0.2, 0.25) is 0 Å². The summed E-state index contributed by atoms with van der Waals surface area (Å²) in [5.41, 5.74) is -0.506. The summed E-state index contributed by atoms with van der Waals surface area (Å²) < 4.78 is 11.9. The molecule has 1 spiro atoms. The van der Waals surface area contributed by atoms with E-state index >= 15 is 0 Å². The standard InChI is InChI=1S/C17H28O3S/c1-19-17(7-4-2-3-5-8-17)15(18)14-6-10-20-16(12-14)9-11-21-13-16/h14H,2-13H2,1H3. The lowest BCUT2D eigenvalue weighted by molar-refractivity contribution is -0.156. The molecule has 1 aliphatic carbocycles. The summed E-state index contributed by atoms with van der Waals surface area (Å²) >= 11 is 1.97. The molecule has 0 aromatic rings. The van der Waals surface area contributed by atoms with Crippen molar-refractivity contribution >= 4 is 17.5 Å². The summed E-state index contributed by atoms with van der Waals surface area (Å²) in [6.07, 6.45) is 9.50. The van der Waals surface area contributed by atoms with Gasteiger partial charge >= 0.3 is 0 Å². The monoisotopic (exact) mass is 312 g/mol. The van der Waals surface area contributed by atoms with Crippen molar-refractivity contribution in [2.24, 2.45) is 5.92 Å². The van der Waals surface area contributed by atoms with E-state index in [9.17, 15) is 4.79 Å². The SMILES string of the molecule is COC1(C(=O)C2CCOC3(CCSC3)C2)CCCCCC1. The van der Waals surface area contributed by atoms with E-state index in [1.165, 1.54) is 18.6 Å². The highest BCUT2D eigenvalue weighted by atomic mass is 32.2. The second-order valence-corrected chi connectivity index (χ2v) is 8.11. The third kappa shape index (κ3) is 3.18. The number of ether oxygens (including phenoxy) is 2. The number of carbonyl (C=O) groups excluding carboxylic acids is 1. The zero-order valence-electron chi connectivity index (χ0n) is 13.2. The summed E-state index contributed by atoms with van der Waals surface area (Å²) in [6.45, 7) is 0.747. The van der Waals surface area contributed by atoms with Gasteiger partial charge in [-0.15, -0.1) is 0 Å². The molecule has 3 rings (SSSR count). The number of carbonyl (C=O) groups is 1. The average molecular weight is 312 g/mol. The van der Waals surface area contributed by atoms with Gasteiger partial charge in [0.2, 0.25) is 0 Å². The van der Waals surface area contributed by atoms with Crippen LogP contribution in [-0.4, -0.2) is 42.2 Å². The molecule has 120 valence electrons. The average Bonchev–Trinajstić information content (AvgIpc) is 2.82. The van der Waals surface area contributed by atoms with E-state index in [0.29, 0.717) is 5.78 Å². The Bertz CT molecular complexity index is 368. The Morgan fingerprint density at radius 2 is 1.95 bits per heavy atom. The Balaban J connectivity index is 1.73. The van der Waals surface area contributed by atoms with E-state index in [1.807, 2.05) is 11.8 Å². The first kappa shape index (κ1) is 15.8. The van der Waals surface area contributed by atoms with Crippen LogP contribution in [0.4, 0.5) is 0 Å². The minimum absolute atomic E-state index is 0.0110. The first-order valence-corrected chi connectivity index (χ1v) is 9.66. The largest absolute Gasteiger partial charge is 0.374 e. The molecule has 3 aliphatic rings. The molecule has 2 atom stereocenters. The van der Waals surface area contributed by atoms with E-state index in [1.54, 1.807) is 7.11 Å². The van der Waals surface area contributed by atoms with Crippen LogP contribution in [0.15, 0.2) is 0 Å². The number of hydrogen-bond donors (Lipinski definition) is 0. The van der Waals surface area contributed by atoms with Crippen molar-refractivity contribution in [2.75, 3.05) is 25.2 Å². The van der Waals surface area contributed by atoms with Crippen LogP contribution < -0.4 is 0 Å².